The molecule has 0 spiro atoms. The maximum Gasteiger partial charge on any atom is 0.409 e. The monoisotopic (exact) mass is 646 g/mol. The molecule has 0 saturated carbocycles. The predicted molar refractivity (Wildman–Crippen MR) is 172 cm³/mol. The van der Waals surface area contributed by atoms with E-state index in [-0.39, 0.29) is 23.5 Å². The number of thioether (sulfide) groups is 1. The van der Waals surface area contributed by atoms with Gasteiger partial charge in [0.15, 0.2) is 4.87 Å². The van der Waals surface area contributed by atoms with Crippen molar-refractivity contribution in [3.63, 3.8) is 0 Å². The lowest BCUT2D eigenvalue weighted by molar-refractivity contribution is -0.135. The first-order chi connectivity index (χ1) is 21.9. The molecule has 10 nitrogen and oxygen atoms in total. The van der Waals surface area contributed by atoms with Gasteiger partial charge in [0.2, 0.25) is 0 Å². The average Bonchev–Trinajstić information content (AvgIpc) is 3.57. The Labute approximate surface area is 268 Å². The molecule has 1 aromatic heterocycles. The van der Waals surface area contributed by atoms with Gasteiger partial charge < -0.3 is 19.5 Å². The zero-order chi connectivity index (χ0) is 32.6. The molecular formula is C33H32F2N6O4S. The van der Waals surface area contributed by atoms with Crippen LogP contribution in [-0.2, 0) is 29.0 Å². The number of benzene rings is 3. The van der Waals surface area contributed by atoms with Crippen LogP contribution in [0.3, 0.4) is 0 Å². The van der Waals surface area contributed by atoms with Gasteiger partial charge in [-0.3, -0.25) is 10.1 Å². The molecule has 0 radical (unpaired) electrons. The largest absolute Gasteiger partial charge is 0.444 e. The summed E-state index contributed by atoms with van der Waals surface area (Å²) in [6, 6.07) is 18.7. The number of nitrogens with zero attached hydrogens (tertiary/aromatic N) is 4. The lowest BCUT2D eigenvalue weighted by Crippen LogP contribution is -2.54. The van der Waals surface area contributed by atoms with Crippen LogP contribution >= 0.6 is 11.8 Å². The van der Waals surface area contributed by atoms with Gasteiger partial charge in [-0.2, -0.15) is 0 Å². The number of rotatable bonds is 8. The highest BCUT2D eigenvalue weighted by Crippen LogP contribution is 2.54. The van der Waals surface area contributed by atoms with Crippen LogP contribution in [0.5, 0.6) is 0 Å². The molecule has 1 fully saturated rings. The SMILES string of the molecule is CC(C)(C)OC(=O)N[C@]1(C(=O)N2CCn3c(nc(-c4cccc(F)c4)c3Nc3ccc(F)cc3)C2)SC1Cc1ccc(N=O)cc1. The van der Waals surface area contributed by atoms with Crippen molar-refractivity contribution in [1.29, 1.82) is 0 Å². The number of hydrogen-bond donors (Lipinski definition) is 2. The van der Waals surface area contributed by atoms with E-state index in [0.29, 0.717) is 53.8 Å². The number of fused-ring (bicyclic) bond motifs is 1. The van der Waals surface area contributed by atoms with Gasteiger partial charge in [0.05, 0.1) is 11.8 Å². The molecule has 3 aromatic carbocycles. The number of halogens is 2. The first-order valence-electron chi connectivity index (χ1n) is 14.7. The Morgan fingerprint density at radius 1 is 1.04 bits per heavy atom. The van der Waals surface area contributed by atoms with Crippen LogP contribution in [0, 0.1) is 16.5 Å². The van der Waals surface area contributed by atoms with E-state index < -0.39 is 22.4 Å². The van der Waals surface area contributed by atoms with E-state index in [1.165, 1.54) is 36.0 Å². The Bertz CT molecular complexity index is 1790. The van der Waals surface area contributed by atoms with E-state index in [9.17, 15) is 23.3 Å². The third-order valence-corrected chi connectivity index (χ3v) is 9.14. The number of nitroso groups, excluding NO2 is 1. The summed E-state index contributed by atoms with van der Waals surface area (Å²) in [6.07, 6.45) is -0.238. The number of alkyl carbamates (subject to hydrolysis) is 1. The van der Waals surface area contributed by atoms with Crippen molar-refractivity contribution < 1.29 is 23.1 Å². The van der Waals surface area contributed by atoms with Crippen LogP contribution < -0.4 is 10.6 Å². The summed E-state index contributed by atoms with van der Waals surface area (Å²) in [5.41, 5.74) is 2.07. The minimum absolute atomic E-state index is 0.136. The molecular weight excluding hydrogens is 614 g/mol. The van der Waals surface area contributed by atoms with Gasteiger partial charge >= 0.3 is 6.09 Å². The number of aromatic nitrogens is 2. The van der Waals surface area contributed by atoms with Crippen molar-refractivity contribution >= 4 is 41.0 Å². The summed E-state index contributed by atoms with van der Waals surface area (Å²) in [5.74, 6) is 0.0783. The van der Waals surface area contributed by atoms with Gasteiger partial charge in [-0.1, -0.05) is 24.3 Å². The van der Waals surface area contributed by atoms with E-state index in [0.717, 1.165) is 5.56 Å². The third kappa shape index (κ3) is 6.59. The zero-order valence-electron chi connectivity index (χ0n) is 25.4. The Hall–Kier alpha value is -4.78. The van der Waals surface area contributed by atoms with E-state index in [2.05, 4.69) is 15.8 Å². The van der Waals surface area contributed by atoms with E-state index in [4.69, 9.17) is 9.72 Å². The number of anilines is 2. The molecule has 4 aromatic rings. The third-order valence-electron chi connectivity index (χ3n) is 7.66. The molecule has 2 aliphatic heterocycles. The normalized spacial score (nSPS) is 18.8. The van der Waals surface area contributed by atoms with Crippen LogP contribution in [0.25, 0.3) is 11.3 Å². The molecule has 46 heavy (non-hydrogen) atoms. The molecule has 2 amide bonds. The van der Waals surface area contributed by atoms with Gasteiger partial charge in [0.1, 0.15) is 40.3 Å². The molecule has 2 atom stereocenters. The van der Waals surface area contributed by atoms with Gasteiger partial charge in [0, 0.05) is 24.3 Å². The molecule has 0 aliphatic carbocycles. The second kappa shape index (κ2) is 12.2. The number of hydrogen-bond acceptors (Lipinski definition) is 8. The minimum Gasteiger partial charge on any atom is -0.444 e. The number of nitrogens with one attached hydrogen (secondary N) is 2. The summed E-state index contributed by atoms with van der Waals surface area (Å²) < 4.78 is 35.3. The maximum atomic E-state index is 14.3. The Balaban J connectivity index is 1.29. The first kappa shape index (κ1) is 31.2. The van der Waals surface area contributed by atoms with Crippen molar-refractivity contribution in [3.05, 3.63) is 101 Å². The second-order valence-corrected chi connectivity index (χ2v) is 13.6. The number of amides is 2. The summed E-state index contributed by atoms with van der Waals surface area (Å²) in [7, 11) is 0. The van der Waals surface area contributed by atoms with E-state index >= 15 is 0 Å². The van der Waals surface area contributed by atoms with E-state index in [1.807, 2.05) is 4.57 Å². The Morgan fingerprint density at radius 3 is 2.46 bits per heavy atom. The van der Waals surface area contributed by atoms with Crippen molar-refractivity contribution in [3.8, 4) is 11.3 Å². The summed E-state index contributed by atoms with van der Waals surface area (Å²) >= 11 is 1.34. The molecule has 2 aliphatic rings. The summed E-state index contributed by atoms with van der Waals surface area (Å²) in [6.45, 7) is 6.06. The Morgan fingerprint density at radius 2 is 1.78 bits per heavy atom. The fourth-order valence-corrected chi connectivity index (χ4v) is 6.73. The van der Waals surface area contributed by atoms with Gasteiger partial charge in [-0.05, 0) is 86.5 Å². The van der Waals surface area contributed by atoms with Gasteiger partial charge in [-0.25, -0.2) is 18.6 Å². The molecule has 1 saturated heterocycles. The zero-order valence-corrected chi connectivity index (χ0v) is 26.2. The first-order valence-corrected chi connectivity index (χ1v) is 15.6. The lowest BCUT2D eigenvalue weighted by Gasteiger charge is -2.32. The minimum atomic E-state index is -1.26. The molecule has 238 valence electrons. The van der Waals surface area contributed by atoms with Crippen LogP contribution in [0.15, 0.2) is 78.0 Å². The summed E-state index contributed by atoms with van der Waals surface area (Å²) in [4.78, 5) is 43.3. The second-order valence-electron chi connectivity index (χ2n) is 12.2. The molecule has 2 N–H and O–H groups in total. The summed E-state index contributed by atoms with van der Waals surface area (Å²) in [5, 5.41) is 8.81. The highest BCUT2D eigenvalue weighted by atomic mass is 32.2. The maximum absolute atomic E-state index is 14.3. The van der Waals surface area contributed by atoms with E-state index in [1.54, 1.807) is 74.2 Å². The van der Waals surface area contributed by atoms with Gasteiger partial charge in [-0.15, -0.1) is 16.7 Å². The van der Waals surface area contributed by atoms with Crippen LogP contribution in [-0.4, -0.2) is 48.7 Å². The number of ether oxygens (including phenoxy) is 1. The smallest absolute Gasteiger partial charge is 0.409 e. The van der Waals surface area contributed by atoms with Crippen molar-refractivity contribution in [2.75, 3.05) is 11.9 Å². The number of carbonyl (C=O) groups excluding carboxylic acids is 2. The average molecular weight is 647 g/mol. The fourth-order valence-electron chi connectivity index (χ4n) is 5.46. The Kier molecular flexibility index (Phi) is 8.28. The number of carbonyl (C=O) groups is 2. The molecule has 6 rings (SSSR count). The molecule has 1 unspecified atom stereocenters. The van der Waals surface area contributed by atoms with Crippen molar-refractivity contribution in [1.82, 2.24) is 19.8 Å². The van der Waals surface area contributed by atoms with Crippen LogP contribution in [0.2, 0.25) is 0 Å². The predicted octanol–water partition coefficient (Wildman–Crippen LogP) is 6.89. The lowest BCUT2D eigenvalue weighted by atomic mass is 10.0. The fraction of sp³-hybridized carbons (Fsp3) is 0.303. The van der Waals surface area contributed by atoms with Crippen LogP contribution in [0.1, 0.15) is 32.2 Å². The van der Waals surface area contributed by atoms with Crippen molar-refractivity contribution in [2.45, 2.75) is 56.0 Å². The molecule has 13 heteroatoms. The quantitative estimate of drug-likeness (QED) is 0.158. The standard InChI is InChI=1S/C33H32F2N6O4S/c1-32(2,3)45-31(43)38-33(26(46-33)17-20-7-11-25(39-44)12-8-20)30(42)40-15-16-41-27(19-40)37-28(21-5-4-6-23(35)18-21)29(41)36-24-13-9-22(34)10-14-24/h4-14,18,26,36H,15-17,19H2,1-3H3,(H,38,43)/t26?,33-/m0/s1. The topological polar surface area (TPSA) is 118 Å². The molecule has 0 bridgehead atoms. The van der Waals surface area contributed by atoms with Crippen molar-refractivity contribution in [2.24, 2.45) is 5.18 Å². The highest BCUT2D eigenvalue weighted by molar-refractivity contribution is 8.09. The number of imidazole rings is 1. The van der Waals surface area contributed by atoms with Crippen LogP contribution in [0.4, 0.5) is 30.8 Å². The highest BCUT2D eigenvalue weighted by Gasteiger charge is 2.64. The van der Waals surface area contributed by atoms with Gasteiger partial charge in [0.25, 0.3) is 5.91 Å². The molecule has 3 heterocycles.